The number of piperazine rings is 1. The van der Waals surface area contributed by atoms with Crippen molar-refractivity contribution in [3.05, 3.63) is 76.9 Å². The highest BCUT2D eigenvalue weighted by molar-refractivity contribution is 5.94. The Labute approximate surface area is 183 Å². The number of aryl methyl sites for hydroxylation is 2. The summed E-state index contributed by atoms with van der Waals surface area (Å²) in [5.74, 6) is -3.13. The summed E-state index contributed by atoms with van der Waals surface area (Å²) in [4.78, 5) is 25.0. The van der Waals surface area contributed by atoms with Gasteiger partial charge in [-0.25, -0.2) is 23.1 Å². The number of nitrogens with one attached hydrogen (secondary N) is 1. The average molecular weight is 441 g/mol. The fourth-order valence-electron chi connectivity index (χ4n) is 3.56. The van der Waals surface area contributed by atoms with Gasteiger partial charge in [0.2, 0.25) is 0 Å². The van der Waals surface area contributed by atoms with E-state index in [9.17, 15) is 18.0 Å². The monoisotopic (exact) mass is 441 g/mol. The van der Waals surface area contributed by atoms with E-state index in [1.54, 1.807) is 6.92 Å². The van der Waals surface area contributed by atoms with Crippen molar-refractivity contribution in [1.82, 2.24) is 14.9 Å². The van der Waals surface area contributed by atoms with Crippen LogP contribution in [0.2, 0.25) is 0 Å². The van der Waals surface area contributed by atoms with Crippen LogP contribution >= 0.6 is 0 Å². The predicted molar refractivity (Wildman–Crippen MR) is 116 cm³/mol. The lowest BCUT2D eigenvalue weighted by Crippen LogP contribution is -2.49. The summed E-state index contributed by atoms with van der Waals surface area (Å²) in [6.45, 7) is 5.31. The fraction of sp³-hybridized carbons (Fsp3) is 0.261. The third-order valence-corrected chi connectivity index (χ3v) is 5.30. The first kappa shape index (κ1) is 21.6. The molecule has 0 unspecified atom stereocenters. The van der Waals surface area contributed by atoms with E-state index in [-0.39, 0.29) is 0 Å². The van der Waals surface area contributed by atoms with Crippen molar-refractivity contribution < 1.29 is 18.0 Å². The first-order chi connectivity index (χ1) is 15.3. The molecule has 1 aromatic heterocycles. The number of benzene rings is 2. The second-order valence-corrected chi connectivity index (χ2v) is 7.65. The first-order valence-corrected chi connectivity index (χ1v) is 10.2. The highest BCUT2D eigenvalue weighted by Gasteiger charge is 2.27. The molecule has 2 aromatic carbocycles. The number of anilines is 3. The molecular formula is C23H22F3N5O. The van der Waals surface area contributed by atoms with Crippen molar-refractivity contribution in [2.24, 2.45) is 0 Å². The summed E-state index contributed by atoms with van der Waals surface area (Å²) in [7, 11) is 0. The first-order valence-electron chi connectivity index (χ1n) is 10.2. The minimum Gasteiger partial charge on any atom is -0.353 e. The van der Waals surface area contributed by atoms with Crippen LogP contribution in [0, 0.1) is 31.3 Å². The van der Waals surface area contributed by atoms with Crippen LogP contribution in [0.1, 0.15) is 21.7 Å². The average Bonchev–Trinajstić information content (AvgIpc) is 2.78. The van der Waals surface area contributed by atoms with Gasteiger partial charge in [-0.3, -0.25) is 4.79 Å². The maximum Gasteiger partial charge on any atom is 0.257 e. The van der Waals surface area contributed by atoms with Gasteiger partial charge in [0, 0.05) is 37.9 Å². The molecule has 1 saturated heterocycles. The number of rotatable bonds is 4. The Kier molecular flexibility index (Phi) is 5.98. The number of carbonyl (C=O) groups excluding carboxylic acids is 1. The van der Waals surface area contributed by atoms with Crippen LogP contribution in [0.5, 0.6) is 0 Å². The number of carbonyl (C=O) groups is 1. The Morgan fingerprint density at radius 2 is 1.59 bits per heavy atom. The smallest absolute Gasteiger partial charge is 0.257 e. The van der Waals surface area contributed by atoms with E-state index in [1.165, 1.54) is 4.90 Å². The summed E-state index contributed by atoms with van der Waals surface area (Å²) in [6.07, 6.45) is 0. The molecular weight excluding hydrogens is 419 g/mol. The van der Waals surface area contributed by atoms with Crippen molar-refractivity contribution in [2.45, 2.75) is 13.8 Å². The Bertz CT molecular complexity index is 1150. The van der Waals surface area contributed by atoms with Gasteiger partial charge in [-0.15, -0.1) is 0 Å². The molecule has 0 radical (unpaired) electrons. The highest BCUT2D eigenvalue weighted by atomic mass is 19.2. The lowest BCUT2D eigenvalue weighted by atomic mass is 10.1. The number of aromatic nitrogens is 2. The second kappa shape index (κ2) is 8.86. The molecule has 1 amide bonds. The molecule has 0 spiro atoms. The van der Waals surface area contributed by atoms with E-state index in [4.69, 9.17) is 0 Å². The third kappa shape index (κ3) is 4.51. The minimum absolute atomic E-state index is 0.293. The van der Waals surface area contributed by atoms with Crippen LogP contribution in [0.15, 0.2) is 42.5 Å². The molecule has 2 heterocycles. The summed E-state index contributed by atoms with van der Waals surface area (Å²) in [6, 6.07) is 11.5. The third-order valence-electron chi connectivity index (χ3n) is 5.30. The topological polar surface area (TPSA) is 61.4 Å². The summed E-state index contributed by atoms with van der Waals surface area (Å²) in [5.41, 5.74) is 1.59. The minimum atomic E-state index is -1.64. The Balaban J connectivity index is 1.45. The van der Waals surface area contributed by atoms with Gasteiger partial charge in [-0.2, -0.15) is 0 Å². The number of amides is 1. The van der Waals surface area contributed by atoms with Gasteiger partial charge in [0.1, 0.15) is 17.5 Å². The fourth-order valence-corrected chi connectivity index (χ4v) is 3.56. The largest absolute Gasteiger partial charge is 0.353 e. The molecule has 0 saturated carbocycles. The van der Waals surface area contributed by atoms with Crippen LogP contribution in [-0.4, -0.2) is 47.0 Å². The van der Waals surface area contributed by atoms with E-state index < -0.39 is 28.9 Å². The molecule has 4 rings (SSSR count). The van der Waals surface area contributed by atoms with Gasteiger partial charge >= 0.3 is 0 Å². The quantitative estimate of drug-likeness (QED) is 0.615. The van der Waals surface area contributed by atoms with E-state index in [2.05, 4.69) is 15.3 Å². The Morgan fingerprint density at radius 1 is 0.906 bits per heavy atom. The lowest BCUT2D eigenvalue weighted by Gasteiger charge is -2.35. The highest BCUT2D eigenvalue weighted by Crippen LogP contribution is 2.23. The number of hydrogen-bond acceptors (Lipinski definition) is 5. The zero-order valence-electron chi connectivity index (χ0n) is 17.7. The molecule has 0 bridgehead atoms. The summed E-state index contributed by atoms with van der Waals surface area (Å²) >= 11 is 0. The van der Waals surface area contributed by atoms with Crippen molar-refractivity contribution in [3.8, 4) is 0 Å². The number of hydrogen-bond donors (Lipinski definition) is 1. The lowest BCUT2D eigenvalue weighted by molar-refractivity contribution is 0.0740. The van der Waals surface area contributed by atoms with Crippen molar-refractivity contribution in [1.29, 1.82) is 0 Å². The molecule has 0 atom stereocenters. The van der Waals surface area contributed by atoms with Gasteiger partial charge in [0.05, 0.1) is 5.56 Å². The van der Waals surface area contributed by atoms with Crippen LogP contribution < -0.4 is 10.2 Å². The zero-order chi connectivity index (χ0) is 22.8. The zero-order valence-corrected chi connectivity index (χ0v) is 17.7. The molecule has 6 nitrogen and oxygen atoms in total. The standard InChI is InChI=1S/C23H22F3N5O/c1-14-3-5-16(6-4-14)29-19-13-20(28-15(2)27-19)30-9-11-31(12-10-30)23(32)17-7-8-18(24)22(26)21(17)25/h3-8,13H,9-12H2,1-2H3,(H,27,28,29). The maximum atomic E-state index is 14.0. The molecule has 9 heteroatoms. The van der Waals surface area contributed by atoms with Crippen LogP contribution in [-0.2, 0) is 0 Å². The number of halogens is 3. The second-order valence-electron chi connectivity index (χ2n) is 7.65. The molecule has 3 aromatic rings. The van der Waals surface area contributed by atoms with Gasteiger partial charge in [0.25, 0.3) is 5.91 Å². The molecule has 1 aliphatic heterocycles. The van der Waals surface area contributed by atoms with E-state index in [0.717, 1.165) is 23.4 Å². The van der Waals surface area contributed by atoms with E-state index >= 15 is 0 Å². The van der Waals surface area contributed by atoms with Crippen LogP contribution in [0.3, 0.4) is 0 Å². The molecule has 1 aliphatic rings. The van der Waals surface area contributed by atoms with E-state index in [0.29, 0.717) is 43.6 Å². The van der Waals surface area contributed by atoms with Gasteiger partial charge in [-0.1, -0.05) is 17.7 Å². The van der Waals surface area contributed by atoms with Gasteiger partial charge in [0.15, 0.2) is 17.5 Å². The SMILES string of the molecule is Cc1ccc(Nc2cc(N3CCN(C(=O)c4ccc(F)c(F)c4F)CC3)nc(C)n2)cc1. The Hall–Kier alpha value is -3.62. The predicted octanol–water partition coefficient (Wildman–Crippen LogP) is 4.22. The normalized spacial score (nSPS) is 13.9. The molecule has 1 N–H and O–H groups in total. The van der Waals surface area contributed by atoms with Gasteiger partial charge < -0.3 is 15.1 Å². The van der Waals surface area contributed by atoms with E-state index in [1.807, 2.05) is 42.2 Å². The number of nitrogens with zero attached hydrogens (tertiary/aromatic N) is 4. The summed E-state index contributed by atoms with van der Waals surface area (Å²) < 4.78 is 40.7. The maximum absolute atomic E-state index is 14.0. The molecule has 166 valence electrons. The van der Waals surface area contributed by atoms with Crippen molar-refractivity contribution >= 4 is 23.2 Å². The summed E-state index contributed by atoms with van der Waals surface area (Å²) in [5, 5.41) is 3.27. The molecule has 32 heavy (non-hydrogen) atoms. The van der Waals surface area contributed by atoms with Crippen LogP contribution in [0.25, 0.3) is 0 Å². The molecule has 0 aliphatic carbocycles. The Morgan fingerprint density at radius 3 is 2.28 bits per heavy atom. The van der Waals surface area contributed by atoms with Crippen molar-refractivity contribution in [3.63, 3.8) is 0 Å². The molecule has 1 fully saturated rings. The van der Waals surface area contributed by atoms with Crippen molar-refractivity contribution in [2.75, 3.05) is 36.4 Å². The van der Waals surface area contributed by atoms with Crippen LogP contribution in [0.4, 0.5) is 30.5 Å². The van der Waals surface area contributed by atoms with Gasteiger partial charge in [-0.05, 0) is 38.1 Å².